The first kappa shape index (κ1) is 9.43. The monoisotopic (exact) mass is 145 g/mol. The van der Waals surface area contributed by atoms with Crippen molar-refractivity contribution in [1.82, 2.24) is 0 Å². The molecule has 0 spiro atoms. The van der Waals surface area contributed by atoms with E-state index >= 15 is 0 Å². The van der Waals surface area contributed by atoms with Crippen LogP contribution in [0.4, 0.5) is 0 Å². The average Bonchev–Trinajstić information content (AvgIpc) is 1.99. The second-order valence-corrected chi connectivity index (χ2v) is 2.31. The van der Waals surface area contributed by atoms with E-state index in [1.807, 2.05) is 6.92 Å². The van der Waals surface area contributed by atoms with Gasteiger partial charge in [-0.3, -0.25) is 4.99 Å². The van der Waals surface area contributed by atoms with E-state index in [4.69, 9.17) is 9.84 Å². The normalized spacial score (nSPS) is 15.0. The molecule has 0 aromatic rings. The Balaban J connectivity index is 3.64. The van der Waals surface area contributed by atoms with E-state index in [2.05, 4.69) is 4.99 Å². The van der Waals surface area contributed by atoms with Crippen LogP contribution in [-0.2, 0) is 4.74 Å². The van der Waals surface area contributed by atoms with Crippen molar-refractivity contribution in [2.45, 2.75) is 13.3 Å². The van der Waals surface area contributed by atoms with Crippen LogP contribution in [-0.4, -0.2) is 31.8 Å². The Morgan fingerprint density at radius 1 is 1.70 bits per heavy atom. The van der Waals surface area contributed by atoms with Gasteiger partial charge < -0.3 is 9.84 Å². The van der Waals surface area contributed by atoms with Crippen LogP contribution < -0.4 is 0 Å². The molecule has 0 saturated heterocycles. The largest absolute Gasteiger partial charge is 0.484 e. The first-order chi connectivity index (χ1) is 4.74. The summed E-state index contributed by atoms with van der Waals surface area (Å²) in [4.78, 5) is 3.88. The number of hydrogen-bond acceptors (Lipinski definition) is 3. The molecule has 0 aromatic carbocycles. The first-order valence-electron chi connectivity index (χ1n) is 3.35. The molecule has 0 heterocycles. The maximum absolute atomic E-state index is 8.66. The molecular formula is C7H15NO2. The lowest BCUT2D eigenvalue weighted by Gasteiger charge is -2.07. The van der Waals surface area contributed by atoms with Crippen molar-refractivity contribution in [3.63, 3.8) is 0 Å². The highest BCUT2D eigenvalue weighted by atomic mass is 16.5. The fraction of sp³-hybridized carbons (Fsp3) is 0.857. The Kier molecular flexibility index (Phi) is 4.94. The maximum Gasteiger partial charge on any atom is 0.182 e. The van der Waals surface area contributed by atoms with Gasteiger partial charge in [0.25, 0.3) is 0 Å². The first-order valence-corrected chi connectivity index (χ1v) is 3.35. The van der Waals surface area contributed by atoms with Gasteiger partial charge in [-0.25, -0.2) is 0 Å². The maximum atomic E-state index is 8.66. The van der Waals surface area contributed by atoms with E-state index in [1.165, 1.54) is 0 Å². The Labute approximate surface area is 61.7 Å². The van der Waals surface area contributed by atoms with Gasteiger partial charge in [0, 0.05) is 20.1 Å². The molecule has 0 aliphatic heterocycles. The Morgan fingerprint density at radius 3 is 2.60 bits per heavy atom. The van der Waals surface area contributed by atoms with Gasteiger partial charge >= 0.3 is 0 Å². The van der Waals surface area contributed by atoms with Gasteiger partial charge in [-0.1, -0.05) is 6.92 Å². The van der Waals surface area contributed by atoms with Gasteiger partial charge in [0.2, 0.25) is 0 Å². The zero-order valence-corrected chi connectivity index (χ0v) is 6.79. The molecule has 0 fully saturated rings. The van der Waals surface area contributed by atoms with E-state index in [0.29, 0.717) is 12.3 Å². The summed E-state index contributed by atoms with van der Waals surface area (Å²) in [6.07, 6.45) is 0.712. The van der Waals surface area contributed by atoms with Crippen molar-refractivity contribution in [3.05, 3.63) is 0 Å². The molecule has 0 radical (unpaired) electrons. The zero-order valence-electron chi connectivity index (χ0n) is 6.79. The lowest BCUT2D eigenvalue weighted by Crippen LogP contribution is -2.10. The number of aliphatic hydroxyl groups is 1. The fourth-order valence-corrected chi connectivity index (χ4v) is 0.629. The number of hydrogen-bond donors (Lipinski definition) is 1. The Hall–Kier alpha value is -0.570. The number of ether oxygens (including phenoxy) is 1. The average molecular weight is 145 g/mol. The smallest absolute Gasteiger partial charge is 0.182 e. The van der Waals surface area contributed by atoms with Crippen LogP contribution >= 0.6 is 0 Å². The molecule has 0 aliphatic carbocycles. The summed E-state index contributed by atoms with van der Waals surface area (Å²) < 4.78 is 4.91. The fourth-order valence-electron chi connectivity index (χ4n) is 0.629. The molecule has 0 bridgehead atoms. The van der Waals surface area contributed by atoms with Crippen molar-refractivity contribution in [3.8, 4) is 0 Å². The molecule has 3 heteroatoms. The Bertz CT molecular complexity index is 112. The van der Waals surface area contributed by atoms with Crippen LogP contribution in [0.25, 0.3) is 0 Å². The Morgan fingerprint density at radius 2 is 2.30 bits per heavy atom. The number of methoxy groups -OCH3 is 1. The van der Waals surface area contributed by atoms with Crippen LogP contribution in [0.5, 0.6) is 0 Å². The molecule has 0 amide bonds. The van der Waals surface area contributed by atoms with Crippen molar-refractivity contribution >= 4 is 5.90 Å². The lowest BCUT2D eigenvalue weighted by molar-refractivity contribution is 0.234. The molecule has 0 unspecified atom stereocenters. The lowest BCUT2D eigenvalue weighted by atomic mass is 10.1. The standard InChI is InChI=1S/C7H15NO2/c1-6(5-9)4-7(8-2)10-3/h6,9H,4-5H2,1-3H3/b8-7+/t6-/m1/s1. The van der Waals surface area contributed by atoms with Crippen molar-refractivity contribution in [2.24, 2.45) is 10.9 Å². The minimum atomic E-state index is 0.183. The molecular weight excluding hydrogens is 130 g/mol. The summed E-state index contributed by atoms with van der Waals surface area (Å²) in [5, 5.41) is 8.66. The van der Waals surface area contributed by atoms with Crippen molar-refractivity contribution in [2.75, 3.05) is 20.8 Å². The van der Waals surface area contributed by atoms with Crippen molar-refractivity contribution < 1.29 is 9.84 Å². The third kappa shape index (κ3) is 3.45. The minimum absolute atomic E-state index is 0.183. The van der Waals surface area contributed by atoms with Gasteiger partial charge in [-0.05, 0) is 5.92 Å². The van der Waals surface area contributed by atoms with Crippen LogP contribution in [0.3, 0.4) is 0 Å². The molecule has 3 nitrogen and oxygen atoms in total. The van der Waals surface area contributed by atoms with Crippen LogP contribution in [0.15, 0.2) is 4.99 Å². The molecule has 10 heavy (non-hydrogen) atoms. The summed E-state index contributed by atoms with van der Waals surface area (Å²) in [7, 11) is 3.27. The molecule has 60 valence electrons. The molecule has 1 atom stereocenters. The number of nitrogens with zero attached hydrogens (tertiary/aromatic N) is 1. The van der Waals surface area contributed by atoms with E-state index in [-0.39, 0.29) is 12.5 Å². The van der Waals surface area contributed by atoms with E-state index in [0.717, 1.165) is 0 Å². The zero-order chi connectivity index (χ0) is 7.98. The molecule has 0 aliphatic rings. The van der Waals surface area contributed by atoms with Gasteiger partial charge in [0.15, 0.2) is 5.90 Å². The third-order valence-corrected chi connectivity index (χ3v) is 1.32. The topological polar surface area (TPSA) is 41.8 Å². The van der Waals surface area contributed by atoms with Crippen molar-refractivity contribution in [1.29, 1.82) is 0 Å². The van der Waals surface area contributed by atoms with E-state index < -0.39 is 0 Å². The minimum Gasteiger partial charge on any atom is -0.484 e. The molecule has 0 saturated carbocycles. The van der Waals surface area contributed by atoms with Crippen LogP contribution in [0.1, 0.15) is 13.3 Å². The van der Waals surface area contributed by atoms with E-state index in [9.17, 15) is 0 Å². The van der Waals surface area contributed by atoms with Gasteiger partial charge in [-0.15, -0.1) is 0 Å². The molecule has 0 aromatic heterocycles. The number of aliphatic imine (C=N–C) groups is 1. The summed E-state index contributed by atoms with van der Waals surface area (Å²) >= 11 is 0. The van der Waals surface area contributed by atoms with Gasteiger partial charge in [0.05, 0.1) is 7.11 Å². The summed E-state index contributed by atoms with van der Waals surface area (Å²) in [5.41, 5.74) is 0. The molecule has 1 N–H and O–H groups in total. The highest BCUT2D eigenvalue weighted by molar-refractivity contribution is 5.75. The second-order valence-electron chi connectivity index (χ2n) is 2.31. The van der Waals surface area contributed by atoms with Crippen LogP contribution in [0.2, 0.25) is 0 Å². The molecule has 0 rings (SSSR count). The number of aliphatic hydroxyl groups excluding tert-OH is 1. The highest BCUT2D eigenvalue weighted by Crippen LogP contribution is 2.01. The highest BCUT2D eigenvalue weighted by Gasteiger charge is 2.04. The SMILES string of the molecule is C/N=C(\C[C@@H](C)CO)OC. The number of rotatable bonds is 3. The predicted molar refractivity (Wildman–Crippen MR) is 41.2 cm³/mol. The third-order valence-electron chi connectivity index (χ3n) is 1.32. The van der Waals surface area contributed by atoms with E-state index in [1.54, 1.807) is 14.2 Å². The predicted octanol–water partition coefficient (Wildman–Crippen LogP) is 0.680. The van der Waals surface area contributed by atoms with Gasteiger partial charge in [0.1, 0.15) is 0 Å². The van der Waals surface area contributed by atoms with Gasteiger partial charge in [-0.2, -0.15) is 0 Å². The second kappa shape index (κ2) is 5.23. The quantitative estimate of drug-likeness (QED) is 0.468. The summed E-state index contributed by atoms with van der Waals surface area (Å²) in [6.45, 7) is 2.13. The summed E-state index contributed by atoms with van der Waals surface area (Å²) in [6, 6.07) is 0. The summed E-state index contributed by atoms with van der Waals surface area (Å²) in [5.74, 6) is 0.931. The van der Waals surface area contributed by atoms with Crippen LogP contribution in [0, 0.1) is 5.92 Å².